The molecule has 1 aliphatic rings. The number of allylic oxidation sites excluding steroid dienone is 2. The minimum atomic E-state index is -2.60. The first-order chi connectivity index (χ1) is 23.2. The van der Waals surface area contributed by atoms with Crippen LogP contribution in [0.25, 0.3) is 0 Å². The monoisotopic (exact) mass is 785 g/mol. The summed E-state index contributed by atoms with van der Waals surface area (Å²) in [5.41, 5.74) is 4.43. The first-order valence-electron chi connectivity index (χ1n) is 20.6. The highest BCUT2D eigenvalue weighted by Gasteiger charge is 2.62. The van der Waals surface area contributed by atoms with Crippen LogP contribution < -0.4 is 5.43 Å². The molecule has 0 aromatic carbocycles. The van der Waals surface area contributed by atoms with Gasteiger partial charge in [0.25, 0.3) is 0 Å². The lowest BCUT2D eigenvalue weighted by Crippen LogP contribution is -2.64. The summed E-state index contributed by atoms with van der Waals surface area (Å²) < 4.78 is 27.8. The summed E-state index contributed by atoms with van der Waals surface area (Å²) in [4.78, 5) is 14.2. The fourth-order valence-electron chi connectivity index (χ4n) is 6.95. The van der Waals surface area contributed by atoms with Gasteiger partial charge in [0.05, 0.1) is 12.2 Å². The van der Waals surface area contributed by atoms with Gasteiger partial charge in [-0.3, -0.25) is 4.79 Å². The largest absolute Gasteiger partial charge is 0.417 e. The Morgan fingerprint density at radius 1 is 0.865 bits per heavy atom. The van der Waals surface area contributed by atoms with Crippen LogP contribution in [0.1, 0.15) is 149 Å². The quantitative estimate of drug-likeness (QED) is 0.0843. The van der Waals surface area contributed by atoms with Crippen LogP contribution in [0.3, 0.4) is 0 Å². The number of hydrogen-bond donors (Lipinski definition) is 1. The summed E-state index contributed by atoms with van der Waals surface area (Å²) >= 11 is 0. The van der Waals surface area contributed by atoms with Gasteiger partial charge < -0.3 is 23.1 Å². The fraction of sp³-hybridized carbons (Fsp3) is 0.929. The first-order valence-corrected chi connectivity index (χ1v) is 28.2. The normalized spacial score (nSPS) is 22.2. The van der Waals surface area contributed by atoms with E-state index in [2.05, 4.69) is 142 Å². The Morgan fingerprint density at radius 2 is 1.38 bits per heavy atom. The first kappa shape index (κ1) is 49.7. The van der Waals surface area contributed by atoms with Gasteiger partial charge in [0.1, 0.15) is 0 Å². The predicted molar refractivity (Wildman–Crippen MR) is 231 cm³/mol. The Bertz CT molecular complexity index is 1130. The molecule has 0 spiro atoms. The van der Waals surface area contributed by atoms with Crippen molar-refractivity contribution in [2.75, 3.05) is 20.7 Å². The van der Waals surface area contributed by atoms with Crippen molar-refractivity contribution in [3.63, 3.8) is 0 Å². The van der Waals surface area contributed by atoms with Crippen LogP contribution in [0.5, 0.6) is 0 Å². The Labute approximate surface area is 327 Å². The van der Waals surface area contributed by atoms with Gasteiger partial charge in [0.2, 0.25) is 0 Å². The smallest absolute Gasteiger partial charge is 0.349 e. The highest BCUT2D eigenvalue weighted by atomic mass is 28.4. The van der Waals surface area contributed by atoms with Gasteiger partial charge in [-0.2, -0.15) is 0 Å². The predicted octanol–water partition coefficient (Wildman–Crippen LogP) is 12.0. The standard InChI is InChI=1S/C42H88N2O5Si3/c1-23-34(30-46-50(19,20)39(5,6)7)25-27-37(48-51(21,22)40(8,9)10)33(4)36(45)29-35(43-44(17)18)26-24-31(2)38-28-32(3)47-52(49-38,41(11,12)13)42(14,15)16/h29,31-34,37-38,43H,23-28,30H2,1-22H3/b35-29-/t31-,32+,33-,34+,37-,38-/m0/s1. The van der Waals surface area contributed by atoms with Crippen LogP contribution in [-0.4, -0.2) is 75.0 Å². The zero-order valence-corrected chi connectivity index (χ0v) is 41.5. The molecule has 1 rings (SSSR count). The molecule has 0 amide bonds. The SMILES string of the molecule is CC[C@H](CC[C@H](O[Si](C)(C)C(C)(C)C)[C@@H](C)C(=O)/C=C(/CC[C@H](C)[C@@H]1C[C@@H](C)O[Si](C(C)(C)C)(C(C)(C)C)O1)NN(C)C)CO[Si](C)(C)C(C)(C)C. The third-order valence-electron chi connectivity index (χ3n) is 12.6. The minimum Gasteiger partial charge on any atom is -0.417 e. The average molecular weight is 785 g/mol. The molecule has 1 fully saturated rings. The number of nitrogens with zero attached hydrogens (tertiary/aromatic N) is 1. The van der Waals surface area contributed by atoms with Crippen molar-refractivity contribution in [2.45, 2.75) is 214 Å². The Hall–Kier alpha value is -0.339. The molecule has 52 heavy (non-hydrogen) atoms. The highest BCUT2D eigenvalue weighted by Crippen LogP contribution is 2.55. The maximum Gasteiger partial charge on any atom is 0.349 e. The lowest BCUT2D eigenvalue weighted by atomic mass is 9.90. The Kier molecular flexibility index (Phi) is 17.9. The number of hydrazine groups is 1. The molecule has 0 saturated carbocycles. The second-order valence-electron chi connectivity index (χ2n) is 21.7. The van der Waals surface area contributed by atoms with E-state index in [0.29, 0.717) is 11.8 Å². The van der Waals surface area contributed by atoms with E-state index in [1.807, 2.05) is 25.2 Å². The molecular weight excluding hydrogens is 697 g/mol. The third kappa shape index (κ3) is 13.7. The topological polar surface area (TPSA) is 69.3 Å². The second-order valence-corrected chi connectivity index (χ2v) is 35.9. The van der Waals surface area contributed by atoms with Gasteiger partial charge >= 0.3 is 8.56 Å². The summed E-state index contributed by atoms with van der Waals surface area (Å²) in [5, 5.41) is 2.06. The molecule has 1 aliphatic heterocycles. The molecule has 7 nitrogen and oxygen atoms in total. The molecule has 6 atom stereocenters. The van der Waals surface area contributed by atoms with Crippen molar-refractivity contribution < 1.29 is 22.5 Å². The van der Waals surface area contributed by atoms with E-state index in [0.717, 1.165) is 50.8 Å². The summed E-state index contributed by atoms with van der Waals surface area (Å²) in [6.07, 6.45) is 7.49. The molecule has 1 N–H and O–H groups in total. The molecule has 0 bridgehead atoms. The van der Waals surface area contributed by atoms with E-state index in [1.54, 1.807) is 0 Å². The van der Waals surface area contributed by atoms with Crippen LogP contribution in [0.15, 0.2) is 11.8 Å². The van der Waals surface area contributed by atoms with Crippen LogP contribution in [0, 0.1) is 17.8 Å². The number of carbonyl (C=O) groups is 1. The molecule has 10 heteroatoms. The van der Waals surface area contributed by atoms with E-state index in [-0.39, 0.29) is 50.2 Å². The molecule has 0 aromatic heterocycles. The minimum absolute atomic E-state index is 0.0530. The van der Waals surface area contributed by atoms with Gasteiger partial charge in [-0.1, -0.05) is 110 Å². The molecule has 308 valence electrons. The molecule has 1 saturated heterocycles. The molecule has 0 unspecified atom stereocenters. The van der Waals surface area contributed by atoms with Gasteiger partial charge in [0, 0.05) is 54.6 Å². The van der Waals surface area contributed by atoms with Crippen molar-refractivity contribution in [1.82, 2.24) is 10.4 Å². The van der Waals surface area contributed by atoms with E-state index in [1.165, 1.54) is 0 Å². The highest BCUT2D eigenvalue weighted by molar-refractivity contribution is 6.74. The summed E-state index contributed by atoms with van der Waals surface area (Å²) in [6.45, 7) is 46.4. The molecule has 1 heterocycles. The van der Waals surface area contributed by atoms with Gasteiger partial charge in [-0.25, -0.2) is 5.01 Å². The van der Waals surface area contributed by atoms with Gasteiger partial charge in [-0.15, -0.1) is 0 Å². The number of carbonyl (C=O) groups excluding carboxylic acids is 1. The number of hydrogen-bond acceptors (Lipinski definition) is 7. The van der Waals surface area contributed by atoms with Gasteiger partial charge in [0.15, 0.2) is 22.4 Å². The lowest BCUT2D eigenvalue weighted by molar-refractivity contribution is -0.120. The van der Waals surface area contributed by atoms with Crippen LogP contribution in [0.2, 0.25) is 46.3 Å². The maximum absolute atomic E-state index is 14.2. The van der Waals surface area contributed by atoms with Crippen molar-refractivity contribution >= 4 is 31.0 Å². The number of rotatable bonds is 18. The zero-order valence-electron chi connectivity index (χ0n) is 38.5. The summed E-state index contributed by atoms with van der Waals surface area (Å²) in [6, 6.07) is 0. The van der Waals surface area contributed by atoms with E-state index < -0.39 is 25.2 Å². The molecule has 0 radical (unpaired) electrons. The number of ketones is 1. The fourth-order valence-corrected chi connectivity index (χ4v) is 14.6. The van der Waals surface area contributed by atoms with Crippen molar-refractivity contribution in [2.24, 2.45) is 17.8 Å². The summed E-state index contributed by atoms with van der Waals surface area (Å²) in [5.74, 6) is 0.638. The summed E-state index contributed by atoms with van der Waals surface area (Å²) in [7, 11) is -2.60. The number of nitrogens with one attached hydrogen (secondary N) is 1. The van der Waals surface area contributed by atoms with E-state index in [4.69, 9.17) is 17.7 Å². The van der Waals surface area contributed by atoms with E-state index >= 15 is 0 Å². The van der Waals surface area contributed by atoms with Crippen LogP contribution in [-0.2, 0) is 22.5 Å². The van der Waals surface area contributed by atoms with Gasteiger partial charge in [-0.05, 0) is 87.1 Å². The maximum atomic E-state index is 14.2. The Morgan fingerprint density at radius 3 is 1.83 bits per heavy atom. The van der Waals surface area contributed by atoms with Crippen LogP contribution in [0.4, 0.5) is 0 Å². The average Bonchev–Trinajstić information content (AvgIpc) is 2.95. The van der Waals surface area contributed by atoms with Crippen LogP contribution >= 0.6 is 0 Å². The molecule has 0 aliphatic carbocycles. The Balaban J connectivity index is 3.29. The third-order valence-corrected chi connectivity index (χ3v) is 26.9. The molecule has 0 aromatic rings. The zero-order chi connectivity index (χ0) is 40.9. The van der Waals surface area contributed by atoms with Crippen molar-refractivity contribution in [3.8, 4) is 0 Å². The van der Waals surface area contributed by atoms with Crippen molar-refractivity contribution in [1.29, 1.82) is 0 Å². The lowest BCUT2D eigenvalue weighted by Gasteiger charge is -2.55. The van der Waals surface area contributed by atoms with Crippen molar-refractivity contribution in [3.05, 3.63) is 11.8 Å². The van der Waals surface area contributed by atoms with E-state index in [9.17, 15) is 4.79 Å². The molecular formula is C42H88N2O5Si3. The second kappa shape index (κ2) is 18.7.